The molecule has 0 spiro atoms. The highest BCUT2D eigenvalue weighted by Gasteiger charge is 2.08. The number of anilines is 1. The normalized spacial score (nSPS) is 11.4. The molecule has 3 rings (SSSR count). The van der Waals surface area contributed by atoms with Crippen LogP contribution in [-0.2, 0) is 0 Å². The van der Waals surface area contributed by atoms with E-state index in [-0.39, 0.29) is 11.9 Å². The van der Waals surface area contributed by atoms with Crippen molar-refractivity contribution in [1.29, 1.82) is 0 Å². The number of carbonyl (C=O) groups excluding carboxylic acids is 1. The predicted octanol–water partition coefficient (Wildman–Crippen LogP) is 4.07. The lowest BCUT2D eigenvalue weighted by Gasteiger charge is -2.15. The maximum atomic E-state index is 12.2. The monoisotopic (exact) mass is 391 g/mol. The first-order chi connectivity index (χ1) is 14.2. The van der Waals surface area contributed by atoms with Gasteiger partial charge in [0.1, 0.15) is 23.8 Å². The fourth-order valence-electron chi connectivity index (χ4n) is 2.78. The first-order valence-electron chi connectivity index (χ1n) is 9.48. The smallest absolute Gasteiger partial charge is 0.269 e. The molecule has 3 aromatic rings. The zero-order valence-electron chi connectivity index (χ0n) is 16.6. The summed E-state index contributed by atoms with van der Waals surface area (Å²) >= 11 is 0. The SMILES string of the molecule is COc1ccc(OCCNC(=O)c2ccc(NC(C)c3ccccc3)cn2)cc1. The molecule has 1 heterocycles. The van der Waals surface area contributed by atoms with Crippen LogP contribution in [-0.4, -0.2) is 31.2 Å². The lowest BCUT2D eigenvalue weighted by atomic mass is 10.1. The number of hydrogen-bond acceptors (Lipinski definition) is 5. The summed E-state index contributed by atoms with van der Waals surface area (Å²) in [5.74, 6) is 1.26. The number of carbonyl (C=O) groups is 1. The van der Waals surface area contributed by atoms with Crippen molar-refractivity contribution >= 4 is 11.6 Å². The average molecular weight is 391 g/mol. The average Bonchev–Trinajstić information content (AvgIpc) is 2.78. The molecule has 1 aromatic heterocycles. The minimum Gasteiger partial charge on any atom is -0.497 e. The number of nitrogens with one attached hydrogen (secondary N) is 2. The molecule has 1 atom stereocenters. The second-order valence-corrected chi connectivity index (χ2v) is 6.49. The van der Waals surface area contributed by atoms with Crippen molar-refractivity contribution < 1.29 is 14.3 Å². The molecule has 0 aliphatic carbocycles. The molecule has 0 saturated carbocycles. The second kappa shape index (κ2) is 10.1. The number of nitrogens with zero attached hydrogens (tertiary/aromatic N) is 1. The minimum atomic E-state index is -0.231. The highest BCUT2D eigenvalue weighted by atomic mass is 16.5. The van der Waals surface area contributed by atoms with Crippen molar-refractivity contribution in [2.45, 2.75) is 13.0 Å². The van der Waals surface area contributed by atoms with Crippen LogP contribution in [0.1, 0.15) is 29.0 Å². The lowest BCUT2D eigenvalue weighted by molar-refractivity contribution is 0.0942. The second-order valence-electron chi connectivity index (χ2n) is 6.49. The van der Waals surface area contributed by atoms with Crippen LogP contribution in [0.25, 0.3) is 0 Å². The van der Waals surface area contributed by atoms with Crippen LogP contribution in [0.2, 0.25) is 0 Å². The Hall–Kier alpha value is -3.54. The number of ether oxygens (including phenoxy) is 2. The Morgan fingerprint density at radius 1 is 1.00 bits per heavy atom. The van der Waals surface area contributed by atoms with E-state index in [2.05, 4.69) is 34.7 Å². The Morgan fingerprint density at radius 2 is 1.72 bits per heavy atom. The molecule has 0 saturated heterocycles. The molecule has 150 valence electrons. The molecular formula is C23H25N3O3. The zero-order valence-corrected chi connectivity index (χ0v) is 16.6. The Morgan fingerprint density at radius 3 is 2.38 bits per heavy atom. The highest BCUT2D eigenvalue weighted by Crippen LogP contribution is 2.18. The number of benzene rings is 2. The predicted molar refractivity (Wildman–Crippen MR) is 114 cm³/mol. The molecule has 0 fully saturated rings. The van der Waals surface area contributed by atoms with E-state index in [1.165, 1.54) is 5.56 Å². The van der Waals surface area contributed by atoms with Crippen LogP contribution >= 0.6 is 0 Å². The van der Waals surface area contributed by atoms with E-state index in [0.717, 1.165) is 17.2 Å². The Balaban J connectivity index is 1.43. The van der Waals surface area contributed by atoms with Crippen LogP contribution in [0.5, 0.6) is 11.5 Å². The van der Waals surface area contributed by atoms with E-state index in [0.29, 0.717) is 18.8 Å². The van der Waals surface area contributed by atoms with Crippen LogP contribution in [0.3, 0.4) is 0 Å². The maximum absolute atomic E-state index is 12.2. The summed E-state index contributed by atoms with van der Waals surface area (Å²) < 4.78 is 10.7. The Kier molecular flexibility index (Phi) is 7.05. The molecular weight excluding hydrogens is 366 g/mol. The number of aromatic nitrogens is 1. The van der Waals surface area contributed by atoms with Crippen LogP contribution in [0, 0.1) is 0 Å². The summed E-state index contributed by atoms with van der Waals surface area (Å²) in [6.45, 7) is 2.84. The molecule has 2 aromatic carbocycles. The zero-order chi connectivity index (χ0) is 20.5. The van der Waals surface area contributed by atoms with E-state index in [9.17, 15) is 4.79 Å². The van der Waals surface area contributed by atoms with Crippen molar-refractivity contribution in [1.82, 2.24) is 10.3 Å². The molecule has 2 N–H and O–H groups in total. The van der Waals surface area contributed by atoms with E-state index in [1.807, 2.05) is 48.5 Å². The topological polar surface area (TPSA) is 72.5 Å². The molecule has 0 aliphatic heterocycles. The van der Waals surface area contributed by atoms with E-state index >= 15 is 0 Å². The van der Waals surface area contributed by atoms with E-state index in [1.54, 1.807) is 19.4 Å². The molecule has 1 unspecified atom stereocenters. The van der Waals surface area contributed by atoms with Gasteiger partial charge in [-0.3, -0.25) is 4.79 Å². The summed E-state index contributed by atoms with van der Waals surface area (Å²) in [5, 5.41) is 6.19. The summed E-state index contributed by atoms with van der Waals surface area (Å²) in [4.78, 5) is 16.5. The van der Waals surface area contributed by atoms with Gasteiger partial charge < -0.3 is 20.1 Å². The fourth-order valence-corrected chi connectivity index (χ4v) is 2.78. The number of pyridine rings is 1. The lowest BCUT2D eigenvalue weighted by Crippen LogP contribution is -2.28. The van der Waals surface area contributed by atoms with Crippen molar-refractivity contribution in [3.63, 3.8) is 0 Å². The van der Waals surface area contributed by atoms with Gasteiger partial charge in [-0.2, -0.15) is 0 Å². The van der Waals surface area contributed by atoms with Gasteiger partial charge in [-0.15, -0.1) is 0 Å². The Bertz CT molecular complexity index is 897. The summed E-state index contributed by atoms with van der Waals surface area (Å²) in [6, 6.07) is 21.2. The van der Waals surface area contributed by atoms with Gasteiger partial charge in [-0.1, -0.05) is 30.3 Å². The summed E-state index contributed by atoms with van der Waals surface area (Å²) in [5.41, 5.74) is 2.42. The third kappa shape index (κ3) is 5.97. The minimum absolute atomic E-state index is 0.146. The summed E-state index contributed by atoms with van der Waals surface area (Å²) in [7, 11) is 1.62. The molecule has 0 aliphatic rings. The van der Waals surface area contributed by atoms with Gasteiger partial charge >= 0.3 is 0 Å². The third-order valence-corrected chi connectivity index (χ3v) is 4.39. The van der Waals surface area contributed by atoms with E-state index in [4.69, 9.17) is 9.47 Å². The largest absolute Gasteiger partial charge is 0.497 e. The van der Waals surface area contributed by atoms with Gasteiger partial charge in [-0.05, 0) is 48.9 Å². The molecule has 6 heteroatoms. The quantitative estimate of drug-likeness (QED) is 0.538. The van der Waals surface area contributed by atoms with Gasteiger partial charge in [-0.25, -0.2) is 4.98 Å². The summed E-state index contributed by atoms with van der Waals surface area (Å²) in [6.07, 6.45) is 1.67. The van der Waals surface area contributed by atoms with Gasteiger partial charge in [0.25, 0.3) is 5.91 Å². The number of rotatable bonds is 9. The Labute approximate surface area is 170 Å². The van der Waals surface area contributed by atoms with Crippen LogP contribution < -0.4 is 20.1 Å². The standard InChI is InChI=1S/C23H25N3O3/c1-17(18-6-4-3-5-7-18)26-19-8-13-22(25-16-19)23(27)24-14-15-29-21-11-9-20(28-2)10-12-21/h3-13,16-17,26H,14-15H2,1-2H3,(H,24,27). The number of amides is 1. The van der Waals surface area contributed by atoms with Crippen molar-refractivity contribution in [2.75, 3.05) is 25.6 Å². The molecule has 0 bridgehead atoms. The molecule has 29 heavy (non-hydrogen) atoms. The van der Waals surface area contributed by atoms with Crippen molar-refractivity contribution in [3.8, 4) is 11.5 Å². The molecule has 0 radical (unpaired) electrons. The van der Waals surface area contributed by atoms with Crippen LogP contribution in [0.15, 0.2) is 72.9 Å². The van der Waals surface area contributed by atoms with Gasteiger partial charge in [0.15, 0.2) is 0 Å². The third-order valence-electron chi connectivity index (χ3n) is 4.39. The van der Waals surface area contributed by atoms with Crippen molar-refractivity contribution in [2.24, 2.45) is 0 Å². The molecule has 6 nitrogen and oxygen atoms in total. The first kappa shape index (κ1) is 20.2. The number of methoxy groups -OCH3 is 1. The van der Waals surface area contributed by atoms with Crippen molar-refractivity contribution in [3.05, 3.63) is 84.2 Å². The first-order valence-corrected chi connectivity index (χ1v) is 9.48. The maximum Gasteiger partial charge on any atom is 0.269 e. The molecule has 1 amide bonds. The van der Waals surface area contributed by atoms with Crippen LogP contribution in [0.4, 0.5) is 5.69 Å². The van der Waals surface area contributed by atoms with Gasteiger partial charge in [0.2, 0.25) is 0 Å². The van der Waals surface area contributed by atoms with Gasteiger partial charge in [0, 0.05) is 6.04 Å². The highest BCUT2D eigenvalue weighted by molar-refractivity contribution is 5.92. The van der Waals surface area contributed by atoms with Gasteiger partial charge in [0.05, 0.1) is 25.5 Å². The fraction of sp³-hybridized carbons (Fsp3) is 0.217. The van der Waals surface area contributed by atoms with E-state index < -0.39 is 0 Å². The number of hydrogen-bond donors (Lipinski definition) is 2.